The lowest BCUT2D eigenvalue weighted by Gasteiger charge is -2.29. The molecule has 1 aliphatic heterocycles. The molecule has 1 aromatic carbocycles. The standard InChI is InChI=1S/C31H36F3N7O3S/c1-19-12-13-22(16-24(19)20(2)35-29(44)31(32,33)34)18-26(42)36-25-15-14-23(38-39-25)10-6-7-11-28-40-41-30(45-28)37-27(43)17-21-8-4-3-5-9-21/h3-5,8-9,12-16,19-20,24,38-39H,6-7,10-11,17-18H2,1-2H3,(H,35,44)(H,36,42)(H,37,41,43). The van der Waals surface area contributed by atoms with Crippen molar-refractivity contribution in [3.63, 3.8) is 0 Å². The maximum absolute atomic E-state index is 12.7. The number of carbonyl (C=O) groups excluding carboxylic acids is 3. The molecule has 5 N–H and O–H groups in total. The summed E-state index contributed by atoms with van der Waals surface area (Å²) in [7, 11) is 0. The van der Waals surface area contributed by atoms with Crippen LogP contribution in [0, 0.1) is 11.8 Å². The van der Waals surface area contributed by atoms with Gasteiger partial charge in [0.2, 0.25) is 16.9 Å². The SMILES string of the molecule is CC1C=CC(CC(=O)NC2=CC=C(CCCCc3nnc(NC(=O)Cc4ccccc4)s3)NN2)=CC1C(C)NC(=O)C(F)(F)F. The lowest BCUT2D eigenvalue weighted by Crippen LogP contribution is -2.46. The summed E-state index contributed by atoms with van der Waals surface area (Å²) in [5, 5.41) is 17.2. The maximum atomic E-state index is 12.7. The number of amides is 3. The van der Waals surface area contributed by atoms with Gasteiger partial charge < -0.3 is 21.4 Å². The molecular formula is C31H36F3N7O3S. The third-order valence-electron chi connectivity index (χ3n) is 7.28. The number of alkyl halides is 3. The van der Waals surface area contributed by atoms with E-state index in [4.69, 9.17) is 0 Å². The van der Waals surface area contributed by atoms with Gasteiger partial charge in [-0.15, -0.1) is 10.2 Å². The van der Waals surface area contributed by atoms with Gasteiger partial charge in [0.15, 0.2) is 0 Å². The Bertz CT molecular complexity index is 1480. The van der Waals surface area contributed by atoms with Crippen molar-refractivity contribution < 1.29 is 27.6 Å². The van der Waals surface area contributed by atoms with E-state index in [2.05, 4.69) is 31.7 Å². The van der Waals surface area contributed by atoms with Crippen LogP contribution in [0.1, 0.15) is 50.1 Å². The second-order valence-electron chi connectivity index (χ2n) is 11.0. The smallest absolute Gasteiger partial charge is 0.345 e. The number of nitrogens with one attached hydrogen (secondary N) is 5. The van der Waals surface area contributed by atoms with Crippen molar-refractivity contribution in [1.82, 2.24) is 31.7 Å². The summed E-state index contributed by atoms with van der Waals surface area (Å²) in [6.07, 6.45) is 7.59. The average Bonchev–Trinajstić information content (AvgIpc) is 3.43. The molecule has 3 amide bonds. The number of allylic oxidation sites excluding steroid dienone is 5. The first-order valence-electron chi connectivity index (χ1n) is 14.6. The van der Waals surface area contributed by atoms with Crippen LogP contribution < -0.4 is 26.8 Å². The molecule has 0 saturated carbocycles. The highest BCUT2D eigenvalue weighted by Crippen LogP contribution is 2.28. The Balaban J connectivity index is 1.16. The number of hydrogen-bond acceptors (Lipinski definition) is 8. The highest BCUT2D eigenvalue weighted by Gasteiger charge is 2.40. The zero-order chi connectivity index (χ0) is 32.4. The molecule has 14 heteroatoms. The summed E-state index contributed by atoms with van der Waals surface area (Å²) in [4.78, 5) is 36.2. The zero-order valence-electron chi connectivity index (χ0n) is 24.9. The molecule has 240 valence electrons. The van der Waals surface area contributed by atoms with E-state index in [1.165, 1.54) is 18.3 Å². The fourth-order valence-electron chi connectivity index (χ4n) is 4.92. The number of carbonyl (C=O) groups is 3. The Morgan fingerprint density at radius 3 is 2.42 bits per heavy atom. The number of benzene rings is 1. The van der Waals surface area contributed by atoms with Crippen molar-refractivity contribution in [2.45, 2.75) is 64.6 Å². The van der Waals surface area contributed by atoms with Crippen LogP contribution in [0.5, 0.6) is 0 Å². The van der Waals surface area contributed by atoms with Gasteiger partial charge in [0.25, 0.3) is 0 Å². The molecule has 0 fully saturated rings. The molecule has 4 rings (SSSR count). The predicted octanol–water partition coefficient (Wildman–Crippen LogP) is 4.59. The van der Waals surface area contributed by atoms with Gasteiger partial charge in [0, 0.05) is 24.1 Å². The largest absolute Gasteiger partial charge is 0.471 e. The summed E-state index contributed by atoms with van der Waals surface area (Å²) in [5.41, 5.74) is 8.57. The molecule has 0 radical (unpaired) electrons. The van der Waals surface area contributed by atoms with Crippen LogP contribution in [0.25, 0.3) is 0 Å². The van der Waals surface area contributed by atoms with Crippen molar-refractivity contribution in [2.75, 3.05) is 5.32 Å². The third kappa shape index (κ3) is 10.6. The number of rotatable bonds is 13. The van der Waals surface area contributed by atoms with Gasteiger partial charge in [-0.2, -0.15) is 13.2 Å². The summed E-state index contributed by atoms with van der Waals surface area (Å²) in [6.45, 7) is 3.37. The van der Waals surface area contributed by atoms with Crippen LogP contribution in [0.4, 0.5) is 18.3 Å². The fraction of sp³-hybridized carbons (Fsp3) is 0.387. The summed E-state index contributed by atoms with van der Waals surface area (Å²) in [6, 6.07) is 8.72. The lowest BCUT2D eigenvalue weighted by atomic mass is 9.82. The summed E-state index contributed by atoms with van der Waals surface area (Å²) in [5.74, 6) is -2.43. The highest BCUT2D eigenvalue weighted by atomic mass is 32.1. The van der Waals surface area contributed by atoms with Gasteiger partial charge >= 0.3 is 12.1 Å². The highest BCUT2D eigenvalue weighted by molar-refractivity contribution is 7.15. The normalized spacial score (nSPS) is 18.4. The first-order chi connectivity index (χ1) is 21.5. The molecule has 1 aliphatic carbocycles. The number of hydrogen-bond donors (Lipinski definition) is 5. The van der Waals surface area contributed by atoms with Crippen molar-refractivity contribution in [1.29, 1.82) is 0 Å². The lowest BCUT2D eigenvalue weighted by molar-refractivity contribution is -0.174. The van der Waals surface area contributed by atoms with Gasteiger partial charge in [-0.1, -0.05) is 66.8 Å². The van der Waals surface area contributed by atoms with Crippen LogP contribution >= 0.6 is 11.3 Å². The van der Waals surface area contributed by atoms with Gasteiger partial charge in [-0.25, -0.2) is 0 Å². The van der Waals surface area contributed by atoms with Crippen LogP contribution in [0.3, 0.4) is 0 Å². The molecule has 10 nitrogen and oxygen atoms in total. The van der Waals surface area contributed by atoms with E-state index >= 15 is 0 Å². The predicted molar refractivity (Wildman–Crippen MR) is 165 cm³/mol. The first-order valence-corrected chi connectivity index (χ1v) is 15.4. The molecule has 3 unspecified atom stereocenters. The topological polar surface area (TPSA) is 137 Å². The Kier molecular flexibility index (Phi) is 11.5. The van der Waals surface area contributed by atoms with Gasteiger partial charge in [0.1, 0.15) is 10.8 Å². The number of aryl methyl sites for hydroxylation is 1. The minimum Gasteiger partial charge on any atom is -0.345 e. The molecule has 1 aromatic heterocycles. The first kappa shape index (κ1) is 33.4. The molecule has 2 heterocycles. The Hall–Kier alpha value is -4.46. The van der Waals surface area contributed by atoms with E-state index in [9.17, 15) is 27.6 Å². The van der Waals surface area contributed by atoms with Crippen LogP contribution in [0.15, 0.2) is 77.8 Å². The summed E-state index contributed by atoms with van der Waals surface area (Å²) >= 11 is 1.37. The molecule has 0 saturated heterocycles. The van der Waals surface area contributed by atoms with E-state index in [1.807, 2.05) is 54.7 Å². The van der Waals surface area contributed by atoms with Gasteiger partial charge in [-0.3, -0.25) is 19.8 Å². The number of nitrogens with zero attached hydrogens (tertiary/aromatic N) is 2. The maximum Gasteiger partial charge on any atom is 0.471 e. The molecule has 3 atom stereocenters. The quantitative estimate of drug-likeness (QED) is 0.202. The van der Waals surface area contributed by atoms with Crippen molar-refractivity contribution >= 4 is 34.2 Å². The van der Waals surface area contributed by atoms with Crippen molar-refractivity contribution in [3.05, 3.63) is 88.4 Å². The van der Waals surface area contributed by atoms with Crippen LogP contribution in [0.2, 0.25) is 0 Å². The van der Waals surface area contributed by atoms with E-state index in [-0.39, 0.29) is 36.5 Å². The number of anilines is 1. The van der Waals surface area contributed by atoms with E-state index in [1.54, 1.807) is 18.2 Å². The Labute approximate surface area is 263 Å². The van der Waals surface area contributed by atoms with E-state index < -0.39 is 18.1 Å². The minimum atomic E-state index is -4.95. The summed E-state index contributed by atoms with van der Waals surface area (Å²) < 4.78 is 38.0. The molecule has 0 spiro atoms. The van der Waals surface area contributed by atoms with Gasteiger partial charge in [0.05, 0.1) is 12.8 Å². The number of aromatic nitrogens is 2. The Morgan fingerprint density at radius 1 is 0.978 bits per heavy atom. The molecule has 2 aliphatic rings. The van der Waals surface area contributed by atoms with E-state index in [0.29, 0.717) is 16.5 Å². The monoisotopic (exact) mass is 643 g/mol. The zero-order valence-corrected chi connectivity index (χ0v) is 25.7. The molecule has 0 bridgehead atoms. The second-order valence-corrected chi connectivity index (χ2v) is 12.0. The number of unbranched alkanes of at least 4 members (excludes halogenated alkanes) is 1. The Morgan fingerprint density at radius 2 is 1.71 bits per heavy atom. The molecular weight excluding hydrogens is 607 g/mol. The van der Waals surface area contributed by atoms with E-state index in [0.717, 1.165) is 42.0 Å². The molecule has 2 aromatic rings. The fourth-order valence-corrected chi connectivity index (χ4v) is 5.71. The van der Waals surface area contributed by atoms with Crippen molar-refractivity contribution in [2.24, 2.45) is 11.8 Å². The van der Waals surface area contributed by atoms with Crippen molar-refractivity contribution in [3.8, 4) is 0 Å². The van der Waals surface area contributed by atoms with Crippen LogP contribution in [-0.2, 0) is 27.2 Å². The second kappa shape index (κ2) is 15.5. The minimum absolute atomic E-state index is 0.0271. The molecule has 45 heavy (non-hydrogen) atoms. The number of halogens is 3. The third-order valence-corrected chi connectivity index (χ3v) is 8.17. The van der Waals surface area contributed by atoms with Crippen LogP contribution in [-0.4, -0.2) is 40.1 Å². The van der Waals surface area contributed by atoms with Gasteiger partial charge in [-0.05, 0) is 55.4 Å². The number of hydrazine groups is 1. The average molecular weight is 644 g/mol.